The Labute approximate surface area is 131 Å². The largest absolute Gasteiger partial charge is 0.387 e. The van der Waals surface area contributed by atoms with Gasteiger partial charge in [0.15, 0.2) is 5.78 Å². The Morgan fingerprint density at radius 2 is 1.68 bits per heavy atom. The smallest absolute Gasteiger partial charge is 0.159 e. The maximum atomic E-state index is 11.3. The fourth-order valence-corrected chi connectivity index (χ4v) is 2.57. The van der Waals surface area contributed by atoms with Gasteiger partial charge < -0.3 is 10.8 Å². The van der Waals surface area contributed by atoms with Crippen LogP contribution < -0.4 is 5.73 Å². The lowest BCUT2D eigenvalue weighted by Gasteiger charge is -2.25. The van der Waals surface area contributed by atoms with Crippen LogP contribution in [0.4, 0.5) is 0 Å². The lowest BCUT2D eigenvalue weighted by atomic mass is 9.88. The average Bonchev–Trinajstić information content (AvgIpc) is 2.54. The van der Waals surface area contributed by atoms with Crippen LogP contribution in [0.5, 0.6) is 0 Å². The maximum Gasteiger partial charge on any atom is 0.159 e. The van der Waals surface area contributed by atoms with Crippen molar-refractivity contribution in [3.05, 3.63) is 71.3 Å². The predicted molar refractivity (Wildman–Crippen MR) is 88.7 cm³/mol. The molecule has 22 heavy (non-hydrogen) atoms. The maximum absolute atomic E-state index is 11.3. The summed E-state index contributed by atoms with van der Waals surface area (Å²) in [7, 11) is 0. The van der Waals surface area contributed by atoms with Gasteiger partial charge in [0.25, 0.3) is 0 Å². The summed E-state index contributed by atoms with van der Waals surface area (Å²) in [5, 5.41) is 10.4. The Morgan fingerprint density at radius 3 is 2.23 bits per heavy atom. The fourth-order valence-electron chi connectivity index (χ4n) is 2.57. The highest BCUT2D eigenvalue weighted by molar-refractivity contribution is 5.93. The predicted octanol–water partition coefficient (Wildman–Crippen LogP) is 3.13. The van der Waals surface area contributed by atoms with Crippen molar-refractivity contribution in [1.29, 1.82) is 0 Å². The summed E-state index contributed by atoms with van der Waals surface area (Å²) in [5.41, 5.74) is 8.89. The number of rotatable bonds is 6. The van der Waals surface area contributed by atoms with Gasteiger partial charge >= 0.3 is 0 Å². The van der Waals surface area contributed by atoms with Gasteiger partial charge in [0.05, 0.1) is 6.10 Å². The normalized spacial score (nSPS) is 15.1. The molecule has 3 N–H and O–H groups in total. The molecule has 2 aromatic carbocycles. The van der Waals surface area contributed by atoms with Crippen molar-refractivity contribution in [3.8, 4) is 0 Å². The zero-order valence-electron chi connectivity index (χ0n) is 13.1. The van der Waals surface area contributed by atoms with Crippen molar-refractivity contribution in [1.82, 2.24) is 0 Å². The second-order valence-electron chi connectivity index (χ2n) is 5.87. The van der Waals surface area contributed by atoms with Crippen molar-refractivity contribution < 1.29 is 9.90 Å². The second-order valence-corrected chi connectivity index (χ2v) is 5.87. The van der Waals surface area contributed by atoms with Crippen LogP contribution in [-0.2, 0) is 6.42 Å². The van der Waals surface area contributed by atoms with Crippen molar-refractivity contribution in [3.63, 3.8) is 0 Å². The first-order valence-corrected chi connectivity index (χ1v) is 7.57. The summed E-state index contributed by atoms with van der Waals surface area (Å²) < 4.78 is 0. The third kappa shape index (κ3) is 4.03. The van der Waals surface area contributed by atoms with Crippen LogP contribution in [0.15, 0.2) is 54.6 Å². The zero-order chi connectivity index (χ0) is 16.1. The molecule has 0 aliphatic heterocycles. The Balaban J connectivity index is 2.01. The van der Waals surface area contributed by atoms with Crippen LogP contribution in [0.3, 0.4) is 0 Å². The summed E-state index contributed by atoms with van der Waals surface area (Å²) >= 11 is 0. The minimum Gasteiger partial charge on any atom is -0.387 e. The van der Waals surface area contributed by atoms with Gasteiger partial charge in [-0.05, 0) is 30.4 Å². The summed E-state index contributed by atoms with van der Waals surface area (Å²) in [6.07, 6.45) is 0.0937. The molecule has 0 bridgehead atoms. The van der Waals surface area contributed by atoms with E-state index in [9.17, 15) is 9.90 Å². The first-order valence-electron chi connectivity index (χ1n) is 7.57. The SMILES string of the molecule is CC(=O)c1ccc(CC(C)C(N)C(O)c2ccccc2)cc1. The molecule has 3 nitrogen and oxygen atoms in total. The van der Waals surface area contributed by atoms with E-state index < -0.39 is 6.10 Å². The van der Waals surface area contributed by atoms with E-state index in [0.717, 1.165) is 17.5 Å². The van der Waals surface area contributed by atoms with Crippen LogP contribution in [0.2, 0.25) is 0 Å². The first-order chi connectivity index (χ1) is 10.5. The standard InChI is InChI=1S/C19H23NO2/c1-13(12-15-8-10-16(11-9-15)14(2)21)18(20)19(22)17-6-4-3-5-7-17/h3-11,13,18-19,22H,12,20H2,1-2H3. The summed E-state index contributed by atoms with van der Waals surface area (Å²) in [4.78, 5) is 11.3. The molecule has 0 aliphatic rings. The highest BCUT2D eigenvalue weighted by Crippen LogP contribution is 2.22. The van der Waals surface area contributed by atoms with Gasteiger partial charge in [-0.25, -0.2) is 0 Å². The van der Waals surface area contributed by atoms with E-state index >= 15 is 0 Å². The van der Waals surface area contributed by atoms with Crippen LogP contribution in [0.25, 0.3) is 0 Å². The van der Waals surface area contributed by atoms with Gasteiger partial charge in [-0.3, -0.25) is 4.79 Å². The number of Topliss-reactive ketones (excluding diaryl/α,β-unsaturated/α-hetero) is 1. The molecule has 116 valence electrons. The summed E-state index contributed by atoms with van der Waals surface area (Å²) in [6, 6.07) is 16.7. The highest BCUT2D eigenvalue weighted by Gasteiger charge is 2.22. The van der Waals surface area contributed by atoms with Crippen molar-refractivity contribution in [2.45, 2.75) is 32.4 Å². The number of ketones is 1. The molecule has 2 aromatic rings. The molecule has 0 heterocycles. The Kier molecular flexibility index (Phi) is 5.47. The van der Waals surface area contributed by atoms with Gasteiger partial charge in [0.1, 0.15) is 0 Å². The van der Waals surface area contributed by atoms with Crippen LogP contribution in [-0.4, -0.2) is 16.9 Å². The van der Waals surface area contributed by atoms with Gasteiger partial charge in [-0.15, -0.1) is 0 Å². The van der Waals surface area contributed by atoms with E-state index in [1.165, 1.54) is 0 Å². The molecular weight excluding hydrogens is 274 g/mol. The molecular formula is C19H23NO2. The number of hydrogen-bond acceptors (Lipinski definition) is 3. The quantitative estimate of drug-likeness (QED) is 0.805. The molecule has 0 saturated carbocycles. The van der Waals surface area contributed by atoms with E-state index in [2.05, 4.69) is 0 Å². The summed E-state index contributed by atoms with van der Waals surface area (Å²) in [5.74, 6) is 0.189. The fraction of sp³-hybridized carbons (Fsp3) is 0.316. The van der Waals surface area contributed by atoms with E-state index in [1.54, 1.807) is 6.92 Å². The molecule has 3 heteroatoms. The molecule has 0 fully saturated rings. The van der Waals surface area contributed by atoms with Crippen molar-refractivity contribution >= 4 is 5.78 Å². The number of aliphatic hydroxyl groups is 1. The van der Waals surface area contributed by atoms with Crippen molar-refractivity contribution in [2.24, 2.45) is 11.7 Å². The molecule has 0 spiro atoms. The molecule has 2 rings (SSSR count). The average molecular weight is 297 g/mol. The number of hydrogen-bond donors (Lipinski definition) is 2. The highest BCUT2D eigenvalue weighted by atomic mass is 16.3. The van der Waals surface area contributed by atoms with Gasteiger partial charge in [-0.2, -0.15) is 0 Å². The number of benzene rings is 2. The minimum atomic E-state index is -0.673. The Hall–Kier alpha value is -1.97. The molecule has 0 saturated heterocycles. The number of carbonyl (C=O) groups is 1. The molecule has 0 aliphatic carbocycles. The van der Waals surface area contributed by atoms with E-state index in [1.807, 2.05) is 61.5 Å². The first kappa shape index (κ1) is 16.4. The van der Waals surface area contributed by atoms with Gasteiger partial charge in [0.2, 0.25) is 0 Å². The third-order valence-corrected chi connectivity index (χ3v) is 4.08. The lowest BCUT2D eigenvalue weighted by Crippen LogP contribution is -2.36. The minimum absolute atomic E-state index is 0.0656. The molecule has 0 amide bonds. The van der Waals surface area contributed by atoms with Crippen molar-refractivity contribution in [2.75, 3.05) is 0 Å². The van der Waals surface area contributed by atoms with E-state index in [4.69, 9.17) is 5.73 Å². The second kappa shape index (κ2) is 7.34. The topological polar surface area (TPSA) is 63.3 Å². The van der Waals surface area contributed by atoms with Crippen LogP contribution in [0, 0.1) is 5.92 Å². The Bertz CT molecular complexity index is 607. The zero-order valence-corrected chi connectivity index (χ0v) is 13.1. The van der Waals surface area contributed by atoms with Gasteiger partial charge in [0, 0.05) is 11.6 Å². The number of nitrogens with two attached hydrogens (primary N) is 1. The van der Waals surface area contributed by atoms with Crippen LogP contribution >= 0.6 is 0 Å². The molecule has 0 radical (unpaired) electrons. The monoisotopic (exact) mass is 297 g/mol. The number of aliphatic hydroxyl groups excluding tert-OH is 1. The lowest BCUT2D eigenvalue weighted by molar-refractivity contribution is 0.101. The van der Waals surface area contributed by atoms with Gasteiger partial charge in [-0.1, -0.05) is 61.5 Å². The Morgan fingerprint density at radius 1 is 1.09 bits per heavy atom. The molecule has 3 unspecified atom stereocenters. The molecule has 3 atom stereocenters. The number of carbonyl (C=O) groups excluding carboxylic acids is 1. The van der Waals surface area contributed by atoms with E-state index in [0.29, 0.717) is 5.56 Å². The third-order valence-electron chi connectivity index (χ3n) is 4.08. The van der Waals surface area contributed by atoms with E-state index in [-0.39, 0.29) is 17.7 Å². The molecule has 0 aromatic heterocycles. The van der Waals surface area contributed by atoms with Crippen LogP contribution in [0.1, 0.15) is 41.4 Å². The summed E-state index contributed by atoms with van der Waals surface area (Å²) in [6.45, 7) is 3.60.